The lowest BCUT2D eigenvalue weighted by molar-refractivity contribution is 0.186. The number of halogens is 1. The average Bonchev–Trinajstić information content (AvgIpc) is 2.41. The van der Waals surface area contributed by atoms with Crippen LogP contribution in [0.2, 0.25) is 0 Å². The molecular formula is C9H10FNO. The van der Waals surface area contributed by atoms with Crippen molar-refractivity contribution < 1.29 is 9.50 Å². The highest BCUT2D eigenvalue weighted by molar-refractivity contribution is 5.54. The molecule has 0 spiro atoms. The smallest absolute Gasteiger partial charge is 0.126 e. The number of fused-ring (bicyclic) bond motifs is 1. The first-order valence-corrected chi connectivity index (χ1v) is 3.92. The van der Waals surface area contributed by atoms with Crippen molar-refractivity contribution >= 4 is 5.69 Å². The van der Waals surface area contributed by atoms with Crippen LogP contribution in [0.25, 0.3) is 0 Å². The van der Waals surface area contributed by atoms with Crippen molar-refractivity contribution in [2.75, 3.05) is 5.73 Å². The van der Waals surface area contributed by atoms with Crippen LogP contribution in [-0.4, -0.2) is 11.2 Å². The van der Waals surface area contributed by atoms with Gasteiger partial charge in [-0.1, -0.05) is 0 Å². The van der Waals surface area contributed by atoms with Gasteiger partial charge in [0.1, 0.15) is 5.82 Å². The van der Waals surface area contributed by atoms with Crippen molar-refractivity contribution in [2.45, 2.75) is 18.9 Å². The van der Waals surface area contributed by atoms with Gasteiger partial charge in [0, 0.05) is 18.5 Å². The average molecular weight is 167 g/mol. The standard InChI is InChI=1S/C9H10FNO/c10-8-1-2-9(11)7-4-5(12)3-6(7)8/h1-2,5,12H,3-4,11H2. The Balaban J connectivity index is 2.56. The highest BCUT2D eigenvalue weighted by Crippen LogP contribution is 2.29. The van der Waals surface area contributed by atoms with Gasteiger partial charge in [-0.25, -0.2) is 4.39 Å². The molecule has 0 radical (unpaired) electrons. The SMILES string of the molecule is Nc1ccc(F)c2c1CC(O)C2. The van der Waals surface area contributed by atoms with Gasteiger partial charge < -0.3 is 10.8 Å². The third-order valence-electron chi connectivity index (χ3n) is 2.29. The van der Waals surface area contributed by atoms with E-state index in [1.807, 2.05) is 0 Å². The van der Waals surface area contributed by atoms with Crippen LogP contribution in [-0.2, 0) is 12.8 Å². The normalized spacial score (nSPS) is 21.0. The molecule has 1 aliphatic rings. The summed E-state index contributed by atoms with van der Waals surface area (Å²) in [5.74, 6) is -0.254. The minimum atomic E-state index is -0.459. The van der Waals surface area contributed by atoms with Crippen LogP contribution in [0.3, 0.4) is 0 Å². The maximum Gasteiger partial charge on any atom is 0.126 e. The summed E-state index contributed by atoms with van der Waals surface area (Å²) in [5, 5.41) is 9.28. The zero-order valence-corrected chi connectivity index (χ0v) is 6.55. The molecule has 1 aliphatic carbocycles. The lowest BCUT2D eigenvalue weighted by Crippen LogP contribution is -2.04. The second kappa shape index (κ2) is 2.45. The lowest BCUT2D eigenvalue weighted by atomic mass is 10.1. The fourth-order valence-corrected chi connectivity index (χ4v) is 1.69. The molecule has 1 atom stereocenters. The summed E-state index contributed by atoms with van der Waals surface area (Å²) < 4.78 is 13.1. The Morgan fingerprint density at radius 3 is 2.67 bits per heavy atom. The molecule has 0 bridgehead atoms. The third-order valence-corrected chi connectivity index (χ3v) is 2.29. The monoisotopic (exact) mass is 167 g/mol. The predicted molar refractivity (Wildman–Crippen MR) is 44.2 cm³/mol. The molecule has 1 aromatic rings. The quantitative estimate of drug-likeness (QED) is 0.563. The van der Waals surface area contributed by atoms with Gasteiger partial charge in [-0.05, 0) is 23.3 Å². The Hall–Kier alpha value is -1.09. The van der Waals surface area contributed by atoms with Gasteiger partial charge in [0.2, 0.25) is 0 Å². The van der Waals surface area contributed by atoms with Crippen LogP contribution >= 0.6 is 0 Å². The fraction of sp³-hybridized carbons (Fsp3) is 0.333. The Bertz CT molecular complexity index is 294. The summed E-state index contributed by atoms with van der Waals surface area (Å²) in [6, 6.07) is 2.90. The summed E-state index contributed by atoms with van der Waals surface area (Å²) in [7, 11) is 0. The summed E-state index contributed by atoms with van der Waals surface area (Å²) in [6.45, 7) is 0. The van der Waals surface area contributed by atoms with Gasteiger partial charge in [0.05, 0.1) is 6.10 Å². The molecule has 2 rings (SSSR count). The van der Waals surface area contributed by atoms with Crippen molar-refractivity contribution in [3.8, 4) is 0 Å². The van der Waals surface area contributed by atoms with Crippen molar-refractivity contribution in [3.63, 3.8) is 0 Å². The Kier molecular flexibility index (Phi) is 1.54. The molecule has 1 aromatic carbocycles. The zero-order valence-electron chi connectivity index (χ0n) is 6.55. The van der Waals surface area contributed by atoms with Gasteiger partial charge in [-0.2, -0.15) is 0 Å². The molecule has 1 unspecified atom stereocenters. The molecule has 64 valence electrons. The molecule has 2 nitrogen and oxygen atoms in total. The molecule has 3 heteroatoms. The molecule has 0 fully saturated rings. The number of hydrogen-bond acceptors (Lipinski definition) is 2. The van der Waals surface area contributed by atoms with E-state index in [1.165, 1.54) is 6.07 Å². The first-order chi connectivity index (χ1) is 5.68. The maximum atomic E-state index is 13.1. The van der Waals surface area contributed by atoms with Gasteiger partial charge in [-0.3, -0.25) is 0 Å². The minimum absolute atomic E-state index is 0.254. The second-order valence-electron chi connectivity index (χ2n) is 3.16. The van der Waals surface area contributed by atoms with Crippen LogP contribution in [0.5, 0.6) is 0 Å². The number of nitrogen functional groups attached to an aromatic ring is 1. The van der Waals surface area contributed by atoms with E-state index in [0.717, 1.165) is 5.56 Å². The van der Waals surface area contributed by atoms with E-state index in [0.29, 0.717) is 24.1 Å². The molecule has 0 amide bonds. The first kappa shape index (κ1) is 7.55. The number of rotatable bonds is 0. The number of nitrogens with two attached hydrogens (primary N) is 1. The number of benzene rings is 1. The van der Waals surface area contributed by atoms with Crippen LogP contribution in [0.15, 0.2) is 12.1 Å². The van der Waals surface area contributed by atoms with E-state index in [4.69, 9.17) is 5.73 Å². The summed E-state index contributed by atoms with van der Waals surface area (Å²) >= 11 is 0. The van der Waals surface area contributed by atoms with Crippen LogP contribution < -0.4 is 5.73 Å². The third kappa shape index (κ3) is 0.975. The van der Waals surface area contributed by atoms with Crippen molar-refractivity contribution in [1.82, 2.24) is 0 Å². The summed E-state index contributed by atoms with van der Waals surface area (Å²) in [4.78, 5) is 0. The Labute approximate surface area is 69.8 Å². The molecule has 0 aromatic heterocycles. The zero-order chi connectivity index (χ0) is 8.72. The van der Waals surface area contributed by atoms with Crippen LogP contribution in [0, 0.1) is 5.82 Å². The highest BCUT2D eigenvalue weighted by Gasteiger charge is 2.23. The number of aliphatic hydroxyl groups is 1. The van der Waals surface area contributed by atoms with Gasteiger partial charge in [0.25, 0.3) is 0 Å². The van der Waals surface area contributed by atoms with Crippen molar-refractivity contribution in [2.24, 2.45) is 0 Å². The first-order valence-electron chi connectivity index (χ1n) is 3.92. The van der Waals surface area contributed by atoms with E-state index < -0.39 is 6.10 Å². The molecule has 0 saturated heterocycles. The van der Waals surface area contributed by atoms with Gasteiger partial charge in [-0.15, -0.1) is 0 Å². The molecule has 3 N–H and O–H groups in total. The molecule has 0 heterocycles. The summed E-state index contributed by atoms with van der Waals surface area (Å²) in [6.07, 6.45) is 0.421. The molecular weight excluding hydrogens is 157 g/mol. The number of hydrogen-bond donors (Lipinski definition) is 2. The van der Waals surface area contributed by atoms with Crippen molar-refractivity contribution in [1.29, 1.82) is 0 Å². The van der Waals surface area contributed by atoms with Crippen molar-refractivity contribution in [3.05, 3.63) is 29.1 Å². The van der Waals surface area contributed by atoms with E-state index >= 15 is 0 Å². The number of anilines is 1. The van der Waals surface area contributed by atoms with E-state index in [1.54, 1.807) is 6.07 Å². The highest BCUT2D eigenvalue weighted by atomic mass is 19.1. The van der Waals surface area contributed by atoms with Gasteiger partial charge >= 0.3 is 0 Å². The lowest BCUT2D eigenvalue weighted by Gasteiger charge is -2.02. The van der Waals surface area contributed by atoms with Crippen LogP contribution in [0.4, 0.5) is 10.1 Å². The molecule has 0 aliphatic heterocycles. The van der Waals surface area contributed by atoms with E-state index in [9.17, 15) is 9.50 Å². The molecule has 0 saturated carbocycles. The summed E-state index contributed by atoms with van der Waals surface area (Å²) in [5.41, 5.74) is 7.58. The second-order valence-corrected chi connectivity index (χ2v) is 3.16. The fourth-order valence-electron chi connectivity index (χ4n) is 1.69. The van der Waals surface area contributed by atoms with E-state index in [-0.39, 0.29) is 5.82 Å². The maximum absolute atomic E-state index is 13.1. The predicted octanol–water partition coefficient (Wildman–Crippen LogP) is 0.867. The van der Waals surface area contributed by atoms with Crippen LogP contribution in [0.1, 0.15) is 11.1 Å². The Morgan fingerprint density at radius 1 is 1.33 bits per heavy atom. The topological polar surface area (TPSA) is 46.2 Å². The number of aliphatic hydroxyl groups excluding tert-OH is 1. The molecule has 12 heavy (non-hydrogen) atoms. The van der Waals surface area contributed by atoms with Gasteiger partial charge in [0.15, 0.2) is 0 Å². The largest absolute Gasteiger partial charge is 0.398 e. The minimum Gasteiger partial charge on any atom is -0.398 e. The Morgan fingerprint density at radius 2 is 2.00 bits per heavy atom. The van der Waals surface area contributed by atoms with E-state index in [2.05, 4.69) is 0 Å².